The van der Waals surface area contributed by atoms with E-state index in [-0.39, 0.29) is 16.3 Å². The summed E-state index contributed by atoms with van der Waals surface area (Å²) in [7, 11) is 0. The smallest absolute Gasteiger partial charge is 0.335 e. The van der Waals surface area contributed by atoms with E-state index in [9.17, 15) is 40.3 Å². The first kappa shape index (κ1) is 20.3. The lowest BCUT2D eigenvalue weighted by Gasteiger charge is -2.29. The number of benzene rings is 1. The Morgan fingerprint density at radius 3 is 1.88 bits per heavy atom. The average Bonchev–Trinajstić information content (AvgIpc) is 2.51. The van der Waals surface area contributed by atoms with Gasteiger partial charge in [0.05, 0.1) is 5.69 Å². The molecular formula is C13H7F7IN3O2. The molecule has 0 bridgehead atoms. The normalized spacial score (nSPS) is 13.1. The monoisotopic (exact) mass is 497 g/mol. The molecule has 1 aromatic heterocycles. The van der Waals surface area contributed by atoms with Gasteiger partial charge in [0.25, 0.3) is 5.56 Å². The molecule has 0 fully saturated rings. The molecule has 0 amide bonds. The minimum absolute atomic E-state index is 0.142. The molecule has 0 spiro atoms. The third kappa shape index (κ3) is 3.07. The first-order valence-electron chi connectivity index (χ1n) is 6.45. The van der Waals surface area contributed by atoms with Crippen molar-refractivity contribution in [3.8, 4) is 5.69 Å². The van der Waals surface area contributed by atoms with Crippen molar-refractivity contribution in [1.29, 1.82) is 0 Å². The van der Waals surface area contributed by atoms with E-state index in [1.807, 2.05) is 22.6 Å². The predicted molar refractivity (Wildman–Crippen MR) is 84.1 cm³/mol. The number of aromatic nitrogens is 2. The van der Waals surface area contributed by atoms with E-state index in [1.165, 1.54) is 24.3 Å². The largest absolute Gasteiger partial charge is 0.460 e. The maximum atomic E-state index is 13.8. The van der Waals surface area contributed by atoms with Gasteiger partial charge in [-0.15, -0.1) is 0 Å². The number of rotatable bonds is 3. The molecule has 1 aromatic carbocycles. The topological polar surface area (TPSA) is 70.0 Å². The van der Waals surface area contributed by atoms with E-state index < -0.39 is 39.6 Å². The van der Waals surface area contributed by atoms with Crippen molar-refractivity contribution in [3.05, 3.63) is 60.4 Å². The van der Waals surface area contributed by atoms with Crippen molar-refractivity contribution < 1.29 is 30.7 Å². The van der Waals surface area contributed by atoms with Crippen LogP contribution in [0.3, 0.4) is 0 Å². The summed E-state index contributed by atoms with van der Waals surface area (Å²) in [6, 6.07) is 5.09. The molecule has 1 heterocycles. The highest BCUT2D eigenvalue weighted by atomic mass is 127. The first-order chi connectivity index (χ1) is 11.7. The molecule has 142 valence electrons. The number of halogens is 8. The Morgan fingerprint density at radius 1 is 0.923 bits per heavy atom. The van der Waals surface area contributed by atoms with Gasteiger partial charge in [0.2, 0.25) is 0 Å². The molecule has 13 heteroatoms. The second-order valence-corrected chi connectivity index (χ2v) is 6.22. The van der Waals surface area contributed by atoms with Gasteiger partial charge >= 0.3 is 23.7 Å². The number of alkyl halides is 7. The van der Waals surface area contributed by atoms with Crippen LogP contribution < -0.4 is 17.1 Å². The molecule has 0 saturated heterocycles. The lowest BCUT2D eigenvalue weighted by molar-refractivity contribution is -0.361. The van der Waals surface area contributed by atoms with Crippen molar-refractivity contribution >= 4 is 22.6 Å². The van der Waals surface area contributed by atoms with Gasteiger partial charge < -0.3 is 5.84 Å². The van der Waals surface area contributed by atoms with Crippen molar-refractivity contribution in [2.75, 3.05) is 5.84 Å². The van der Waals surface area contributed by atoms with Gasteiger partial charge in [0.15, 0.2) is 0 Å². The van der Waals surface area contributed by atoms with Crippen LogP contribution in [-0.4, -0.2) is 21.3 Å². The van der Waals surface area contributed by atoms with Crippen LogP contribution in [0.4, 0.5) is 30.7 Å². The molecule has 2 rings (SSSR count). The number of hydrogen-bond acceptors (Lipinski definition) is 3. The highest BCUT2D eigenvalue weighted by Crippen LogP contribution is 2.51. The second-order valence-electron chi connectivity index (χ2n) is 4.98. The van der Waals surface area contributed by atoms with Gasteiger partial charge in [0, 0.05) is 9.64 Å². The Hall–Kier alpha value is -2.06. The van der Waals surface area contributed by atoms with E-state index in [0.29, 0.717) is 3.57 Å². The summed E-state index contributed by atoms with van der Waals surface area (Å²) in [5.41, 5.74) is -5.68. The van der Waals surface area contributed by atoms with Gasteiger partial charge in [-0.05, 0) is 46.9 Å². The molecule has 0 aliphatic rings. The third-order valence-corrected chi connectivity index (χ3v) is 4.01. The first-order valence-corrected chi connectivity index (χ1v) is 7.52. The zero-order chi connectivity index (χ0) is 20.1. The fourth-order valence-electron chi connectivity index (χ4n) is 1.96. The Morgan fingerprint density at radius 2 is 1.42 bits per heavy atom. The highest BCUT2D eigenvalue weighted by Gasteiger charge is 2.74. The van der Waals surface area contributed by atoms with Crippen LogP contribution in [0.2, 0.25) is 0 Å². The maximum Gasteiger partial charge on any atom is 0.460 e. The van der Waals surface area contributed by atoms with E-state index >= 15 is 0 Å². The number of nitrogens with two attached hydrogens (primary N) is 1. The van der Waals surface area contributed by atoms with Crippen LogP contribution in [0.25, 0.3) is 5.69 Å². The molecule has 0 unspecified atom stereocenters. The fraction of sp³-hybridized carbons (Fsp3) is 0.231. The molecule has 0 saturated carbocycles. The summed E-state index contributed by atoms with van der Waals surface area (Å²) < 4.78 is 91.0. The zero-order valence-corrected chi connectivity index (χ0v) is 14.4. The van der Waals surface area contributed by atoms with Gasteiger partial charge in [-0.1, -0.05) is 0 Å². The Kier molecular flexibility index (Phi) is 4.89. The average molecular weight is 497 g/mol. The Bertz CT molecular complexity index is 948. The summed E-state index contributed by atoms with van der Waals surface area (Å²) in [5, 5.41) is 0. The minimum Gasteiger partial charge on any atom is -0.335 e. The third-order valence-electron chi connectivity index (χ3n) is 3.29. The SMILES string of the molecule is Nn1c(C(F)(F)C(F)(F)C(F)(F)F)cc(=O)n(-c2ccc(I)cc2)c1=O. The quantitative estimate of drug-likeness (QED) is 0.403. The summed E-state index contributed by atoms with van der Waals surface area (Å²) in [6.45, 7) is 0. The van der Waals surface area contributed by atoms with Crippen LogP contribution in [0, 0.1) is 3.57 Å². The summed E-state index contributed by atoms with van der Waals surface area (Å²) in [4.78, 5) is 24.0. The molecule has 26 heavy (non-hydrogen) atoms. The summed E-state index contributed by atoms with van der Waals surface area (Å²) in [5.74, 6) is -7.51. The maximum absolute atomic E-state index is 13.8. The lowest BCUT2D eigenvalue weighted by Crippen LogP contribution is -2.54. The van der Waals surface area contributed by atoms with Gasteiger partial charge in [-0.2, -0.15) is 30.7 Å². The predicted octanol–water partition coefficient (Wildman–Crippen LogP) is 2.61. The summed E-state index contributed by atoms with van der Waals surface area (Å²) >= 11 is 1.89. The van der Waals surface area contributed by atoms with Gasteiger partial charge in [0.1, 0.15) is 5.69 Å². The number of nitrogens with zero attached hydrogens (tertiary/aromatic N) is 2. The van der Waals surface area contributed by atoms with Crippen molar-refractivity contribution in [3.63, 3.8) is 0 Å². The van der Waals surface area contributed by atoms with E-state index in [4.69, 9.17) is 5.84 Å². The molecule has 2 aromatic rings. The number of hydrogen-bond donors (Lipinski definition) is 1. The highest BCUT2D eigenvalue weighted by molar-refractivity contribution is 14.1. The second kappa shape index (κ2) is 6.28. The molecule has 0 radical (unpaired) electrons. The van der Waals surface area contributed by atoms with E-state index in [1.54, 1.807) is 0 Å². The molecule has 0 aliphatic heterocycles. The molecule has 0 atom stereocenters. The van der Waals surface area contributed by atoms with Crippen LogP contribution in [0.15, 0.2) is 39.9 Å². The van der Waals surface area contributed by atoms with Gasteiger partial charge in [-0.25, -0.2) is 14.0 Å². The van der Waals surface area contributed by atoms with Crippen molar-refractivity contribution in [1.82, 2.24) is 9.24 Å². The Labute approximate surface area is 152 Å². The lowest BCUT2D eigenvalue weighted by atomic mass is 10.1. The van der Waals surface area contributed by atoms with Crippen molar-refractivity contribution in [2.24, 2.45) is 0 Å². The van der Waals surface area contributed by atoms with Crippen LogP contribution in [0.5, 0.6) is 0 Å². The van der Waals surface area contributed by atoms with Crippen LogP contribution in [-0.2, 0) is 5.92 Å². The fourth-order valence-corrected chi connectivity index (χ4v) is 2.32. The van der Waals surface area contributed by atoms with E-state index in [0.717, 1.165) is 0 Å². The standard InChI is InChI=1S/C13H7F7IN3O2/c14-11(15,12(16,17)13(18,19)20)8-5-9(25)23(10(26)24(8)22)7-3-1-6(21)2-4-7/h1-5H,22H2. The molecule has 5 nitrogen and oxygen atoms in total. The molecule has 0 aliphatic carbocycles. The van der Waals surface area contributed by atoms with Gasteiger partial charge in [-0.3, -0.25) is 4.79 Å². The van der Waals surface area contributed by atoms with Crippen LogP contribution in [0.1, 0.15) is 5.69 Å². The van der Waals surface area contributed by atoms with Crippen molar-refractivity contribution in [2.45, 2.75) is 18.0 Å². The van der Waals surface area contributed by atoms with Crippen LogP contribution >= 0.6 is 22.6 Å². The molecule has 2 N–H and O–H groups in total. The minimum atomic E-state index is -6.64. The summed E-state index contributed by atoms with van der Waals surface area (Å²) in [6.07, 6.45) is -6.64. The zero-order valence-electron chi connectivity index (χ0n) is 12.2. The number of nitrogen functional groups attached to an aromatic ring is 1. The molecular weight excluding hydrogens is 490 g/mol. The Balaban J connectivity index is 2.74. The van der Waals surface area contributed by atoms with E-state index in [2.05, 4.69) is 0 Å².